The fourth-order valence-electron chi connectivity index (χ4n) is 14.1. The van der Waals surface area contributed by atoms with Crippen molar-refractivity contribution in [2.24, 2.45) is 0 Å². The van der Waals surface area contributed by atoms with Crippen LogP contribution in [0.3, 0.4) is 0 Å². The molecule has 3 fully saturated rings. The number of aromatic carboxylic acids is 1. The van der Waals surface area contributed by atoms with Gasteiger partial charge < -0.3 is 95.0 Å². The van der Waals surface area contributed by atoms with Crippen LogP contribution in [-0.2, 0) is 29.1 Å². The van der Waals surface area contributed by atoms with Crippen molar-refractivity contribution in [3.8, 4) is 52.8 Å². The molecule has 24 nitrogen and oxygen atoms in total. The lowest BCUT2D eigenvalue weighted by Crippen LogP contribution is -2.48. The minimum atomic E-state index is -4.49. The first-order chi connectivity index (χ1) is 58.8. The van der Waals surface area contributed by atoms with Crippen molar-refractivity contribution in [1.82, 2.24) is 28.8 Å². The van der Waals surface area contributed by atoms with E-state index in [4.69, 9.17) is 44.1 Å². The first-order valence-electron chi connectivity index (χ1n) is 38.8. The number of alkyl halides is 13. The Morgan fingerprint density at radius 1 is 0.463 bits per heavy atom. The van der Waals surface area contributed by atoms with Gasteiger partial charge in [0.05, 0.1) is 161 Å². The molecule has 123 heavy (non-hydrogen) atoms. The molecule has 6 aromatic carbocycles. The molecule has 6 atom stereocenters. The van der Waals surface area contributed by atoms with Gasteiger partial charge in [0.15, 0.2) is 0 Å². The third-order valence-electron chi connectivity index (χ3n) is 19.9. The zero-order valence-corrected chi connectivity index (χ0v) is 69.2. The molecule has 11 N–H and O–H groups in total. The normalized spacial score (nSPS) is 17.2. The molecule has 3 aliphatic heterocycles. The molecule has 662 valence electrons. The maximum Gasteiger partial charge on any atom is 0.406 e. The van der Waals surface area contributed by atoms with E-state index < -0.39 is 92.7 Å². The summed E-state index contributed by atoms with van der Waals surface area (Å²) in [7, 11) is 6.83. The van der Waals surface area contributed by atoms with E-state index >= 15 is 0 Å². The molecule has 12 rings (SSSR count). The molecule has 3 aromatic heterocycles. The van der Waals surface area contributed by atoms with E-state index in [1.807, 2.05) is 9.80 Å². The van der Waals surface area contributed by atoms with Crippen molar-refractivity contribution in [2.45, 2.75) is 94.1 Å². The lowest BCUT2D eigenvalue weighted by molar-refractivity contribution is -0.140. The number of nitrogens with one attached hydrogen (secondary N) is 7. The first kappa shape index (κ1) is 95.5. The summed E-state index contributed by atoms with van der Waals surface area (Å²) >= 11 is 3.00. The van der Waals surface area contributed by atoms with Crippen molar-refractivity contribution in [3.63, 3.8) is 0 Å². The number of β-amino-alcohol motifs (C(OH)–C–C–N with tert-alkyl or cyclic N) is 2. The summed E-state index contributed by atoms with van der Waals surface area (Å²) in [5.74, 6) is 15.9. The number of ether oxygens (including phenoxy) is 5. The van der Waals surface area contributed by atoms with Gasteiger partial charge in [0.2, 0.25) is 0 Å². The Balaban J connectivity index is 0.000000205. The number of carboxylic acids is 1. The fourth-order valence-corrected chi connectivity index (χ4v) is 14.1. The smallest absolute Gasteiger partial charge is 0.406 e. The van der Waals surface area contributed by atoms with Crippen LogP contribution in [0.5, 0.6) is 17.2 Å². The number of carboxylic acid groups (broad SMARTS) is 1. The van der Waals surface area contributed by atoms with Crippen LogP contribution >= 0.6 is 15.9 Å². The topological polar surface area (TPSA) is 284 Å². The van der Waals surface area contributed by atoms with Gasteiger partial charge in [-0.15, -0.1) is 0 Å². The lowest BCUT2D eigenvalue weighted by Gasteiger charge is -2.35. The number of benzene rings is 6. The second-order valence-electron chi connectivity index (χ2n) is 28.2. The molecule has 0 unspecified atom stereocenters. The lowest BCUT2D eigenvalue weighted by atomic mass is 10.0. The molecular weight excluding hydrogens is 1700 g/mol. The van der Waals surface area contributed by atoms with Gasteiger partial charge in [-0.1, -0.05) is 51.9 Å². The molecule has 0 amide bonds. The van der Waals surface area contributed by atoms with Crippen molar-refractivity contribution < 1.29 is 111 Å². The standard InChI is InChI=1S/C29H32F4N4O4.C28H30F4N4O4.C27H28F4N4O3.C2H5BrO/c1-40-27-15-19(28(39)41-2)8-9-25(27)34-11-4-5-20-16-21-23(6-3-7-26(21)37(20)18-29(31,32)33)35-24-10-12-36(13-14-38)17-22(24)30;1-40-26-14-18(27(38)39)7-8-24(26)33-10-3-4-19-15-20-22(5-2-6-25(20)36(19)17-28(30,31)32)34-23-9-11-35(12-13-37)16-21(23)29;1-37-25-13-17(26(36)38-2)8-9-23(25)33-11-4-5-18-14-19-21(34-22-10-12-32-15-20(22)28)6-3-7-24(19)35(18)16-27(29,30)31;3-1-2-4/h3,6-9,15-16,22,24,34-35,38H,10-14,17-18H2,1-2H3;2,5-8,14-15,21,23,33-34,37H,9-13,16-17H2,1H3,(H,38,39);3,6-9,13-14,20,22,32-34H,10-12,15-16H2,1-2H3;4H,1-2H2/t22-,24+;21-,23+;20-,22+;/m000./s1. The van der Waals surface area contributed by atoms with Crippen LogP contribution in [0, 0.1) is 35.5 Å². The van der Waals surface area contributed by atoms with E-state index in [9.17, 15) is 67.1 Å². The van der Waals surface area contributed by atoms with E-state index in [2.05, 4.69) is 88.7 Å². The maximum absolute atomic E-state index is 14.9. The third kappa shape index (κ3) is 27.1. The third-order valence-corrected chi connectivity index (χ3v) is 20.2. The summed E-state index contributed by atoms with van der Waals surface area (Å²) in [5.41, 5.74) is 5.35. The van der Waals surface area contributed by atoms with Crippen LogP contribution in [0.4, 0.5) is 86.8 Å². The average molecular weight is 1800 g/mol. The zero-order chi connectivity index (χ0) is 89.1. The Labute approximate surface area is 710 Å². The van der Waals surface area contributed by atoms with Crippen molar-refractivity contribution in [2.75, 3.05) is 165 Å². The SMILES string of the molecule is COC(=O)c1ccc(NCC#Cc2cc3c(N[C@@H]4CCN(CCO)C[C@@H]4F)cccc3n2CC(F)(F)F)c(OC)c1.COC(=O)c1ccc(NCC#Cc2cc3c(N[C@@H]4CCNC[C@@H]4F)cccc3n2CC(F)(F)F)c(OC)c1.COc1cc(C(=O)O)ccc1NCC#Cc1cc2c(N[C@@H]3CCN(CCO)C[C@@H]3F)cccc2n1CC(F)(F)F.OCCBr. The summed E-state index contributed by atoms with van der Waals surface area (Å²) in [6, 6.07) is 31.7. The number of methoxy groups -OCH3 is 5. The highest BCUT2D eigenvalue weighted by molar-refractivity contribution is 9.09. The van der Waals surface area contributed by atoms with E-state index in [0.29, 0.717) is 147 Å². The molecule has 0 saturated carbocycles. The van der Waals surface area contributed by atoms with Gasteiger partial charge in [0.1, 0.15) is 55.4 Å². The number of rotatable bonds is 26. The van der Waals surface area contributed by atoms with Crippen molar-refractivity contribution in [3.05, 3.63) is 161 Å². The number of hydrogen-bond donors (Lipinski definition) is 11. The number of aliphatic hydroxyl groups is 3. The zero-order valence-electron chi connectivity index (χ0n) is 67.6. The van der Waals surface area contributed by atoms with E-state index in [-0.39, 0.29) is 87.5 Å². The molecule has 3 saturated heterocycles. The Bertz CT molecular complexity index is 5260. The monoisotopic (exact) mass is 1790 g/mol. The largest absolute Gasteiger partial charge is 0.495 e. The Hall–Kier alpha value is -11.4. The van der Waals surface area contributed by atoms with Gasteiger partial charge in [0.25, 0.3) is 0 Å². The number of likely N-dealkylation sites (tertiary alicyclic amines) is 2. The molecule has 0 bridgehead atoms. The number of carbonyl (C=O) groups is 3. The van der Waals surface area contributed by atoms with Crippen LogP contribution in [0.15, 0.2) is 127 Å². The van der Waals surface area contributed by atoms with Crippen LogP contribution in [0.25, 0.3) is 32.7 Å². The highest BCUT2D eigenvalue weighted by Crippen LogP contribution is 2.37. The number of esters is 2. The van der Waals surface area contributed by atoms with Gasteiger partial charge >= 0.3 is 36.4 Å². The van der Waals surface area contributed by atoms with E-state index in [1.165, 1.54) is 65.9 Å². The molecule has 0 aliphatic carbocycles. The summed E-state index contributed by atoms with van der Waals surface area (Å²) in [6.07, 6.45) is -15.4. The summed E-state index contributed by atoms with van der Waals surface area (Å²) < 4.78 is 194. The van der Waals surface area contributed by atoms with Crippen LogP contribution in [0.2, 0.25) is 0 Å². The van der Waals surface area contributed by atoms with Gasteiger partial charge in [-0.05, 0) is 153 Å². The molecule has 3 aliphatic rings. The predicted octanol–water partition coefficient (Wildman–Crippen LogP) is 13.4. The first-order valence-corrected chi connectivity index (χ1v) is 39.9. The fraction of sp³-hybridized carbons (Fsp3) is 0.407. The number of piperidine rings is 3. The molecule has 0 spiro atoms. The van der Waals surface area contributed by atoms with Gasteiger partial charge in [-0.3, -0.25) is 9.80 Å². The quantitative estimate of drug-likeness (QED) is 0.0104. The number of aliphatic hydroxyl groups excluding tert-OH is 3. The second-order valence-corrected chi connectivity index (χ2v) is 29.0. The number of hydrogen-bond acceptors (Lipinski definition) is 20. The van der Waals surface area contributed by atoms with Gasteiger partial charge in [0, 0.05) is 84.4 Å². The summed E-state index contributed by atoms with van der Waals surface area (Å²) in [4.78, 5) is 38.4. The van der Waals surface area contributed by atoms with Crippen LogP contribution < -0.4 is 51.4 Å². The number of halogens is 13. The average Bonchev–Trinajstić information content (AvgIpc) is 1.64. The molecule has 0 radical (unpaired) electrons. The van der Waals surface area contributed by atoms with Gasteiger partial charge in [-0.25, -0.2) is 27.6 Å². The summed E-state index contributed by atoms with van der Waals surface area (Å²) in [5, 5.41) is 59.1. The summed E-state index contributed by atoms with van der Waals surface area (Å²) in [6.45, 7) is -0.117. The van der Waals surface area contributed by atoms with Crippen molar-refractivity contribution in [1.29, 1.82) is 0 Å². The minimum absolute atomic E-state index is 0.0457. The Kier molecular flexibility index (Phi) is 35.0. The number of nitrogens with zero attached hydrogens (tertiary/aromatic N) is 5. The maximum atomic E-state index is 14.9. The Morgan fingerprint density at radius 3 is 1.09 bits per heavy atom. The number of anilines is 6. The van der Waals surface area contributed by atoms with E-state index in [0.717, 1.165) is 13.7 Å². The number of fused-ring (bicyclic) bond motifs is 3. The molecule has 9 aromatic rings. The highest BCUT2D eigenvalue weighted by atomic mass is 79.9. The second kappa shape index (κ2) is 45.1. The molecular formula is C86H95BrF12N12O12. The Morgan fingerprint density at radius 2 is 0.797 bits per heavy atom. The molecule has 37 heteroatoms. The van der Waals surface area contributed by atoms with Crippen molar-refractivity contribution >= 4 is 101 Å². The number of aromatic nitrogens is 3. The minimum Gasteiger partial charge on any atom is -0.495 e. The van der Waals surface area contributed by atoms with Gasteiger partial charge in [-0.2, -0.15) is 39.5 Å². The van der Waals surface area contributed by atoms with Crippen LogP contribution in [-0.4, -0.2) is 250 Å². The van der Waals surface area contributed by atoms with E-state index in [1.54, 1.807) is 97.1 Å². The number of carbonyl (C=O) groups excluding carboxylic acids is 2. The predicted molar refractivity (Wildman–Crippen MR) is 450 cm³/mol. The molecule has 6 heterocycles. The highest BCUT2D eigenvalue weighted by Gasteiger charge is 2.36. The van der Waals surface area contributed by atoms with Crippen LogP contribution in [0.1, 0.15) is 67.4 Å².